The predicted molar refractivity (Wildman–Crippen MR) is 79.3 cm³/mol. The maximum atomic E-state index is 12.4. The van der Waals surface area contributed by atoms with E-state index in [0.717, 1.165) is 35.1 Å². The van der Waals surface area contributed by atoms with E-state index in [0.29, 0.717) is 11.7 Å². The first-order valence-corrected chi connectivity index (χ1v) is 7.16. The van der Waals surface area contributed by atoms with Crippen LogP contribution in [0.15, 0.2) is 18.2 Å². The molecule has 1 aliphatic rings. The molecule has 0 bridgehead atoms. The Morgan fingerprint density at radius 2 is 2.10 bits per heavy atom. The van der Waals surface area contributed by atoms with Gasteiger partial charge in [0.05, 0.1) is 7.11 Å². The molecular weight excluding hydrogens is 252 g/mol. The van der Waals surface area contributed by atoms with Crippen LogP contribution in [0, 0.1) is 6.92 Å². The summed E-state index contributed by atoms with van der Waals surface area (Å²) >= 11 is 0. The van der Waals surface area contributed by atoms with Crippen molar-refractivity contribution in [2.24, 2.45) is 0 Å². The van der Waals surface area contributed by atoms with E-state index in [-0.39, 0.29) is 5.91 Å². The van der Waals surface area contributed by atoms with Gasteiger partial charge in [-0.15, -0.1) is 0 Å². The second-order valence-electron chi connectivity index (χ2n) is 5.49. The van der Waals surface area contributed by atoms with E-state index in [1.807, 2.05) is 25.1 Å². The number of carbonyl (C=O) groups is 1. The summed E-state index contributed by atoms with van der Waals surface area (Å²) < 4.78 is 5.24. The van der Waals surface area contributed by atoms with Crippen molar-refractivity contribution >= 4 is 16.8 Å². The third-order valence-corrected chi connectivity index (χ3v) is 4.18. The number of ether oxygens (including phenoxy) is 1. The summed E-state index contributed by atoms with van der Waals surface area (Å²) in [6.07, 6.45) is 4.62. The number of methoxy groups -OCH3 is 1. The molecule has 2 aromatic rings. The fraction of sp³-hybridized carbons (Fsp3) is 0.438. The molecular formula is C16H20N2O2. The van der Waals surface area contributed by atoms with Crippen molar-refractivity contribution in [3.63, 3.8) is 0 Å². The molecule has 0 radical (unpaired) electrons. The molecule has 0 unspecified atom stereocenters. The summed E-state index contributed by atoms with van der Waals surface area (Å²) in [5.74, 6) is 0.812. The second kappa shape index (κ2) is 5.19. The van der Waals surface area contributed by atoms with Crippen LogP contribution in [0.3, 0.4) is 0 Å². The lowest BCUT2D eigenvalue weighted by molar-refractivity contribution is 0.0933. The van der Waals surface area contributed by atoms with Crippen molar-refractivity contribution in [3.05, 3.63) is 29.5 Å². The molecule has 1 aromatic heterocycles. The summed E-state index contributed by atoms with van der Waals surface area (Å²) in [7, 11) is 1.65. The Morgan fingerprint density at radius 3 is 2.80 bits per heavy atom. The van der Waals surface area contributed by atoms with Gasteiger partial charge in [0.25, 0.3) is 5.91 Å². The average Bonchev–Trinajstić information content (AvgIpc) is 3.07. The first-order valence-electron chi connectivity index (χ1n) is 7.16. The number of amides is 1. The van der Waals surface area contributed by atoms with Crippen LogP contribution in [-0.2, 0) is 0 Å². The summed E-state index contributed by atoms with van der Waals surface area (Å²) in [5, 5.41) is 4.17. The maximum Gasteiger partial charge on any atom is 0.268 e. The molecule has 1 aliphatic carbocycles. The molecule has 3 rings (SSSR count). The normalized spacial score (nSPS) is 15.7. The molecule has 0 aliphatic heterocycles. The number of aryl methyl sites for hydroxylation is 1. The molecule has 0 spiro atoms. The highest BCUT2D eigenvalue weighted by Crippen LogP contribution is 2.26. The number of carbonyl (C=O) groups excluding carboxylic acids is 1. The third-order valence-electron chi connectivity index (χ3n) is 4.18. The van der Waals surface area contributed by atoms with E-state index in [4.69, 9.17) is 4.74 Å². The number of benzene rings is 1. The van der Waals surface area contributed by atoms with E-state index in [1.165, 1.54) is 12.8 Å². The monoisotopic (exact) mass is 272 g/mol. The van der Waals surface area contributed by atoms with Crippen molar-refractivity contribution in [2.45, 2.75) is 38.6 Å². The lowest BCUT2D eigenvalue weighted by atomic mass is 10.1. The second-order valence-corrected chi connectivity index (χ2v) is 5.49. The van der Waals surface area contributed by atoms with Crippen molar-refractivity contribution in [1.29, 1.82) is 0 Å². The zero-order valence-corrected chi connectivity index (χ0v) is 12.0. The van der Waals surface area contributed by atoms with Gasteiger partial charge >= 0.3 is 0 Å². The van der Waals surface area contributed by atoms with Gasteiger partial charge in [0, 0.05) is 16.9 Å². The third kappa shape index (κ3) is 2.26. The first kappa shape index (κ1) is 13.0. The van der Waals surface area contributed by atoms with Crippen LogP contribution in [0.1, 0.15) is 41.7 Å². The number of H-pyrrole nitrogens is 1. The Labute approximate surface area is 118 Å². The zero-order chi connectivity index (χ0) is 14.1. The fourth-order valence-corrected chi connectivity index (χ4v) is 2.99. The molecule has 20 heavy (non-hydrogen) atoms. The van der Waals surface area contributed by atoms with Crippen LogP contribution in [0.2, 0.25) is 0 Å². The van der Waals surface area contributed by atoms with Crippen LogP contribution in [0.5, 0.6) is 5.75 Å². The number of aromatic nitrogens is 1. The van der Waals surface area contributed by atoms with E-state index in [1.54, 1.807) is 7.11 Å². The van der Waals surface area contributed by atoms with Gasteiger partial charge in [0.15, 0.2) is 0 Å². The maximum absolute atomic E-state index is 12.4. The zero-order valence-electron chi connectivity index (χ0n) is 12.0. The highest BCUT2D eigenvalue weighted by atomic mass is 16.5. The largest absolute Gasteiger partial charge is 0.497 e. The number of hydrogen-bond acceptors (Lipinski definition) is 2. The molecule has 1 heterocycles. The molecule has 0 saturated heterocycles. The van der Waals surface area contributed by atoms with Gasteiger partial charge in [-0.25, -0.2) is 0 Å². The van der Waals surface area contributed by atoms with Crippen LogP contribution >= 0.6 is 0 Å². The van der Waals surface area contributed by atoms with Gasteiger partial charge in [-0.2, -0.15) is 0 Å². The molecule has 4 heteroatoms. The highest BCUT2D eigenvalue weighted by molar-refractivity contribution is 6.01. The van der Waals surface area contributed by atoms with Crippen molar-refractivity contribution in [1.82, 2.24) is 10.3 Å². The van der Waals surface area contributed by atoms with Crippen molar-refractivity contribution in [3.8, 4) is 5.75 Å². The van der Waals surface area contributed by atoms with Gasteiger partial charge in [-0.1, -0.05) is 12.8 Å². The smallest absolute Gasteiger partial charge is 0.268 e. The number of hydrogen-bond donors (Lipinski definition) is 2. The minimum absolute atomic E-state index is 0.00423. The lowest BCUT2D eigenvalue weighted by Crippen LogP contribution is -2.33. The first-order chi connectivity index (χ1) is 9.69. The Hall–Kier alpha value is -1.97. The summed E-state index contributed by atoms with van der Waals surface area (Å²) in [6, 6.07) is 6.15. The number of aromatic amines is 1. The number of nitrogens with one attached hydrogen (secondary N) is 2. The summed E-state index contributed by atoms with van der Waals surface area (Å²) in [4.78, 5) is 15.6. The molecule has 0 atom stereocenters. The molecule has 4 nitrogen and oxygen atoms in total. The Bertz CT molecular complexity index is 639. The van der Waals surface area contributed by atoms with E-state index in [2.05, 4.69) is 10.3 Å². The SMILES string of the molecule is COc1ccc2[nH]c(C(=O)NC3CCCC3)c(C)c2c1. The minimum Gasteiger partial charge on any atom is -0.497 e. The number of rotatable bonds is 3. The number of fused-ring (bicyclic) bond motifs is 1. The highest BCUT2D eigenvalue weighted by Gasteiger charge is 2.21. The predicted octanol–water partition coefficient (Wildman–Crippen LogP) is 3.16. The molecule has 1 aromatic carbocycles. The van der Waals surface area contributed by atoms with Crippen molar-refractivity contribution in [2.75, 3.05) is 7.11 Å². The Balaban J connectivity index is 1.90. The minimum atomic E-state index is 0.00423. The van der Waals surface area contributed by atoms with Gasteiger partial charge in [-0.3, -0.25) is 4.79 Å². The Morgan fingerprint density at radius 1 is 1.35 bits per heavy atom. The topological polar surface area (TPSA) is 54.1 Å². The molecule has 106 valence electrons. The Kier molecular flexibility index (Phi) is 3.38. The van der Waals surface area contributed by atoms with Gasteiger partial charge in [0.1, 0.15) is 11.4 Å². The standard InChI is InChI=1S/C16H20N2O2/c1-10-13-9-12(20-2)7-8-14(13)18-15(10)16(19)17-11-5-3-4-6-11/h7-9,11,18H,3-6H2,1-2H3,(H,17,19). The molecule has 1 amide bonds. The quantitative estimate of drug-likeness (QED) is 0.901. The molecule has 1 saturated carbocycles. The molecule has 1 fully saturated rings. The molecule has 2 N–H and O–H groups in total. The van der Waals surface area contributed by atoms with E-state index < -0.39 is 0 Å². The average molecular weight is 272 g/mol. The van der Waals surface area contributed by atoms with Crippen LogP contribution in [0.4, 0.5) is 0 Å². The fourth-order valence-electron chi connectivity index (χ4n) is 2.99. The van der Waals surface area contributed by atoms with Gasteiger partial charge in [-0.05, 0) is 43.5 Å². The van der Waals surface area contributed by atoms with E-state index >= 15 is 0 Å². The van der Waals surface area contributed by atoms with Crippen molar-refractivity contribution < 1.29 is 9.53 Å². The van der Waals surface area contributed by atoms with Gasteiger partial charge < -0.3 is 15.0 Å². The van der Waals surface area contributed by atoms with Crippen LogP contribution in [0.25, 0.3) is 10.9 Å². The summed E-state index contributed by atoms with van der Waals surface area (Å²) in [6.45, 7) is 1.97. The van der Waals surface area contributed by atoms with Crippen LogP contribution < -0.4 is 10.1 Å². The summed E-state index contributed by atoms with van der Waals surface area (Å²) in [5.41, 5.74) is 2.62. The van der Waals surface area contributed by atoms with E-state index in [9.17, 15) is 4.79 Å². The lowest BCUT2D eigenvalue weighted by Gasteiger charge is -2.11. The van der Waals surface area contributed by atoms with Crippen LogP contribution in [-0.4, -0.2) is 24.0 Å². The van der Waals surface area contributed by atoms with Gasteiger partial charge in [0.2, 0.25) is 0 Å².